The Hall–Kier alpha value is -2.29. The van der Waals surface area contributed by atoms with E-state index >= 15 is 0 Å². The summed E-state index contributed by atoms with van der Waals surface area (Å²) in [7, 11) is 0. The smallest absolute Gasteiger partial charge is 0.214 e. The van der Waals surface area contributed by atoms with Gasteiger partial charge in [-0.2, -0.15) is 0 Å². The summed E-state index contributed by atoms with van der Waals surface area (Å²) in [6.07, 6.45) is 1.01. The Balaban J connectivity index is 2.22. The van der Waals surface area contributed by atoms with Crippen molar-refractivity contribution in [1.82, 2.24) is 0 Å². The van der Waals surface area contributed by atoms with Crippen molar-refractivity contribution in [3.05, 3.63) is 23.8 Å². The van der Waals surface area contributed by atoms with Gasteiger partial charge in [0, 0.05) is 12.1 Å². The molecule has 8 heteroatoms. The van der Waals surface area contributed by atoms with E-state index in [-0.39, 0.29) is 13.2 Å². The highest BCUT2D eigenvalue weighted by atomic mass is 16.6. The first-order valence-corrected chi connectivity index (χ1v) is 8.43. The van der Waals surface area contributed by atoms with Crippen LogP contribution in [-0.2, 0) is 23.8 Å². The number of anilines is 1. The second-order valence-corrected chi connectivity index (χ2v) is 5.54. The van der Waals surface area contributed by atoms with E-state index in [9.17, 15) is 14.4 Å². The molecule has 142 valence electrons. The average Bonchev–Trinajstić information content (AvgIpc) is 2.67. The van der Waals surface area contributed by atoms with Gasteiger partial charge in [-0.15, -0.1) is 0 Å². The van der Waals surface area contributed by atoms with Crippen molar-refractivity contribution in [1.29, 1.82) is 0 Å². The lowest BCUT2D eigenvalue weighted by atomic mass is 10.1. The summed E-state index contributed by atoms with van der Waals surface area (Å²) in [5, 5.41) is 0. The molecule has 0 radical (unpaired) electrons. The Morgan fingerprint density at radius 3 is 2.27 bits per heavy atom. The Morgan fingerprint density at radius 2 is 1.62 bits per heavy atom. The van der Waals surface area contributed by atoms with Crippen molar-refractivity contribution in [3.8, 4) is 5.75 Å². The lowest BCUT2D eigenvalue weighted by Gasteiger charge is -2.25. The number of ketones is 1. The van der Waals surface area contributed by atoms with Crippen molar-refractivity contribution in [2.45, 2.75) is 0 Å². The van der Waals surface area contributed by atoms with Gasteiger partial charge < -0.3 is 23.8 Å². The molecule has 26 heavy (non-hydrogen) atoms. The van der Waals surface area contributed by atoms with Crippen LogP contribution in [0.1, 0.15) is 10.4 Å². The highest BCUT2D eigenvalue weighted by Crippen LogP contribution is 2.29. The first-order chi connectivity index (χ1) is 12.7. The van der Waals surface area contributed by atoms with Gasteiger partial charge in [0.05, 0.1) is 51.9 Å². The van der Waals surface area contributed by atoms with Crippen molar-refractivity contribution >= 4 is 24.0 Å². The summed E-state index contributed by atoms with van der Waals surface area (Å²) in [6.45, 7) is 3.05. The molecule has 0 saturated heterocycles. The highest BCUT2D eigenvalue weighted by molar-refractivity contribution is 6.26. The predicted octanol–water partition coefficient (Wildman–Crippen LogP) is 0.516. The number of hydrogen-bond donors (Lipinski definition) is 0. The number of fused-ring (bicyclic) bond motifs is 1. The van der Waals surface area contributed by atoms with Crippen LogP contribution in [-0.4, -0.2) is 77.7 Å². The maximum absolute atomic E-state index is 11.6. The van der Waals surface area contributed by atoms with Gasteiger partial charge in [-0.3, -0.25) is 14.4 Å². The minimum atomic E-state index is -0.556. The molecule has 0 aliphatic carbocycles. The molecule has 0 aromatic heterocycles. The molecule has 0 amide bonds. The quantitative estimate of drug-likeness (QED) is 0.563. The van der Waals surface area contributed by atoms with Crippen LogP contribution in [0.2, 0.25) is 0 Å². The average molecular weight is 365 g/mol. The number of benzene rings is 1. The van der Waals surface area contributed by atoms with E-state index in [0.29, 0.717) is 69.5 Å². The SMILES string of the molecule is O=CC(=O)CN1CCOCCOCCOCCOc2cc(C=O)ccc21. The standard InChI is InChI=1S/C18H23NO7/c20-13-15-1-2-17-18(11-15)26-10-9-25-8-7-24-6-5-23-4-3-19(17)12-16(22)14-21/h1-2,11,13-14H,3-10,12H2. The van der Waals surface area contributed by atoms with Crippen LogP contribution in [0.25, 0.3) is 0 Å². The number of rotatable bonds is 4. The zero-order valence-corrected chi connectivity index (χ0v) is 14.6. The number of Topliss-reactive ketones (excluding diaryl/α,β-unsaturated/α-hetero) is 1. The Labute approximate surface area is 152 Å². The number of aldehydes is 2. The fourth-order valence-corrected chi connectivity index (χ4v) is 2.42. The monoisotopic (exact) mass is 365 g/mol. The molecular weight excluding hydrogens is 342 g/mol. The van der Waals surface area contributed by atoms with E-state index in [2.05, 4.69) is 0 Å². The fourth-order valence-electron chi connectivity index (χ4n) is 2.42. The van der Waals surface area contributed by atoms with Crippen LogP contribution >= 0.6 is 0 Å². The van der Waals surface area contributed by atoms with Crippen molar-refractivity contribution in [2.24, 2.45) is 0 Å². The van der Waals surface area contributed by atoms with E-state index in [1.807, 2.05) is 0 Å². The fraction of sp³-hybridized carbons (Fsp3) is 0.500. The third kappa shape index (κ3) is 6.55. The van der Waals surface area contributed by atoms with Gasteiger partial charge in [0.25, 0.3) is 0 Å². The molecule has 1 aliphatic rings. The molecule has 0 atom stereocenters. The molecule has 1 aromatic rings. The van der Waals surface area contributed by atoms with Crippen molar-refractivity contribution < 1.29 is 33.3 Å². The zero-order chi connectivity index (χ0) is 18.6. The van der Waals surface area contributed by atoms with Crippen LogP contribution in [0.5, 0.6) is 5.75 Å². The second kappa shape index (κ2) is 11.3. The molecule has 1 aromatic carbocycles. The van der Waals surface area contributed by atoms with E-state index in [0.717, 1.165) is 6.29 Å². The molecule has 8 nitrogen and oxygen atoms in total. The van der Waals surface area contributed by atoms with Gasteiger partial charge in [-0.1, -0.05) is 0 Å². The van der Waals surface area contributed by atoms with Gasteiger partial charge in [-0.25, -0.2) is 0 Å². The molecule has 0 saturated carbocycles. The Morgan fingerprint density at radius 1 is 0.962 bits per heavy atom. The van der Waals surface area contributed by atoms with E-state index in [1.165, 1.54) is 0 Å². The summed E-state index contributed by atoms with van der Waals surface area (Å²) < 4.78 is 22.0. The molecule has 0 unspecified atom stereocenters. The third-order valence-corrected chi connectivity index (χ3v) is 3.67. The lowest BCUT2D eigenvalue weighted by molar-refractivity contribution is -0.128. The topological polar surface area (TPSA) is 91.4 Å². The minimum absolute atomic E-state index is 0.101. The van der Waals surface area contributed by atoms with E-state index < -0.39 is 5.78 Å². The predicted molar refractivity (Wildman–Crippen MR) is 93.1 cm³/mol. The van der Waals surface area contributed by atoms with Gasteiger partial charge in [0.15, 0.2) is 6.29 Å². The Kier molecular flexibility index (Phi) is 8.74. The van der Waals surface area contributed by atoms with Crippen LogP contribution in [0.4, 0.5) is 5.69 Å². The van der Waals surface area contributed by atoms with Crippen molar-refractivity contribution in [2.75, 3.05) is 64.2 Å². The number of nitrogens with zero attached hydrogens (tertiary/aromatic N) is 1. The highest BCUT2D eigenvalue weighted by Gasteiger charge is 2.17. The van der Waals surface area contributed by atoms with Crippen LogP contribution < -0.4 is 9.64 Å². The largest absolute Gasteiger partial charge is 0.489 e. The maximum Gasteiger partial charge on any atom is 0.214 e. The maximum atomic E-state index is 11.6. The molecule has 0 fully saturated rings. The molecule has 0 spiro atoms. The second-order valence-electron chi connectivity index (χ2n) is 5.54. The molecule has 1 aliphatic heterocycles. The molecule has 0 bridgehead atoms. The molecule has 0 N–H and O–H groups in total. The first kappa shape index (κ1) is 20.0. The summed E-state index contributed by atoms with van der Waals surface area (Å²) in [5.74, 6) is -0.108. The summed E-state index contributed by atoms with van der Waals surface area (Å²) in [4.78, 5) is 35.2. The minimum Gasteiger partial charge on any atom is -0.489 e. The van der Waals surface area contributed by atoms with Crippen LogP contribution in [0, 0.1) is 0 Å². The number of hydrogen-bond acceptors (Lipinski definition) is 8. The van der Waals surface area contributed by atoms with Crippen molar-refractivity contribution in [3.63, 3.8) is 0 Å². The van der Waals surface area contributed by atoms with Crippen LogP contribution in [0.3, 0.4) is 0 Å². The summed E-state index contributed by atoms with van der Waals surface area (Å²) >= 11 is 0. The van der Waals surface area contributed by atoms with Gasteiger partial charge in [-0.05, 0) is 18.2 Å². The van der Waals surface area contributed by atoms with E-state index in [1.54, 1.807) is 23.1 Å². The summed E-state index contributed by atoms with van der Waals surface area (Å²) in [6, 6.07) is 4.93. The number of carbonyl (C=O) groups is 3. The third-order valence-electron chi connectivity index (χ3n) is 3.67. The van der Waals surface area contributed by atoms with Gasteiger partial charge in [0.1, 0.15) is 18.6 Å². The molecule has 2 rings (SSSR count). The first-order valence-electron chi connectivity index (χ1n) is 8.43. The number of carbonyl (C=O) groups excluding carboxylic acids is 3. The molecule has 1 heterocycles. The normalized spacial score (nSPS) is 17.2. The lowest BCUT2D eigenvalue weighted by Crippen LogP contribution is -2.34. The number of ether oxygens (including phenoxy) is 4. The Bertz CT molecular complexity index is 605. The van der Waals surface area contributed by atoms with Crippen LogP contribution in [0.15, 0.2) is 18.2 Å². The van der Waals surface area contributed by atoms with Gasteiger partial charge >= 0.3 is 0 Å². The van der Waals surface area contributed by atoms with E-state index in [4.69, 9.17) is 18.9 Å². The zero-order valence-electron chi connectivity index (χ0n) is 14.6. The molecular formula is C18H23NO7. The summed E-state index contributed by atoms with van der Waals surface area (Å²) in [5.41, 5.74) is 1.06. The van der Waals surface area contributed by atoms with Gasteiger partial charge in [0.2, 0.25) is 5.78 Å².